The highest BCUT2D eigenvalue weighted by Gasteiger charge is 2.30. The second-order valence-corrected chi connectivity index (χ2v) is 5.37. The Morgan fingerprint density at radius 1 is 1.14 bits per heavy atom. The van der Waals surface area contributed by atoms with Crippen molar-refractivity contribution in [3.8, 4) is 0 Å². The Balaban J connectivity index is 0.00000200. The monoisotopic (exact) mass is 422 g/mol. The van der Waals surface area contributed by atoms with Gasteiger partial charge in [0.1, 0.15) is 0 Å². The Morgan fingerprint density at radius 3 is 2.29 bits per heavy atom. The van der Waals surface area contributed by atoms with E-state index in [0.29, 0.717) is 6.04 Å². The maximum Gasteiger partial charge on any atom is 0.0822 e. The molecule has 122 valence electrons. The zero-order chi connectivity index (χ0) is 13.7. The van der Waals surface area contributed by atoms with E-state index in [4.69, 9.17) is 0 Å². The van der Waals surface area contributed by atoms with Gasteiger partial charge in [-0.2, -0.15) is 0 Å². The number of hydrogen-bond acceptors (Lipinski definition) is 3. The molecule has 0 unspecified atom stereocenters. The van der Waals surface area contributed by atoms with Crippen LogP contribution < -0.4 is 0 Å². The lowest BCUT2D eigenvalue weighted by molar-refractivity contribution is -0.0120. The van der Waals surface area contributed by atoms with E-state index in [0.717, 1.165) is 39.1 Å². The van der Waals surface area contributed by atoms with Gasteiger partial charge < -0.3 is 5.11 Å². The largest absolute Gasteiger partial charge is 0.390 e. The van der Waals surface area contributed by atoms with Crippen LogP contribution in [0.15, 0.2) is 30.3 Å². The van der Waals surface area contributed by atoms with E-state index in [1.165, 1.54) is 5.56 Å². The summed E-state index contributed by atoms with van der Waals surface area (Å²) in [5.41, 5.74) is 1.33. The standard InChI is InChI=1S/C16H26N2O.2BrH/c1-3-18(4-2)15-10-11-17(13-16(15)19)12-14-8-6-5-7-9-14;;/h5-9,15-16,19H,3-4,10-13H2,1-2H3;2*1H/t15-,16-;;/m1../s1. The van der Waals surface area contributed by atoms with E-state index < -0.39 is 0 Å². The van der Waals surface area contributed by atoms with E-state index in [-0.39, 0.29) is 40.1 Å². The maximum atomic E-state index is 10.4. The minimum atomic E-state index is -0.225. The first-order valence-electron chi connectivity index (χ1n) is 7.43. The minimum Gasteiger partial charge on any atom is -0.390 e. The molecule has 1 fully saturated rings. The fourth-order valence-corrected chi connectivity index (χ4v) is 3.09. The number of aliphatic hydroxyl groups excluding tert-OH is 1. The van der Waals surface area contributed by atoms with Gasteiger partial charge in [0, 0.05) is 25.7 Å². The third kappa shape index (κ3) is 5.99. The fourth-order valence-electron chi connectivity index (χ4n) is 3.09. The van der Waals surface area contributed by atoms with Crippen LogP contribution in [0.4, 0.5) is 0 Å². The third-order valence-electron chi connectivity index (χ3n) is 4.16. The molecule has 3 nitrogen and oxygen atoms in total. The SMILES string of the molecule is Br.Br.CCN(CC)[C@@H]1CCN(Cc2ccccc2)C[C@H]1O. The number of piperidine rings is 1. The van der Waals surface area contributed by atoms with Crippen molar-refractivity contribution in [1.82, 2.24) is 9.80 Å². The second kappa shape index (κ2) is 10.7. The Bertz CT molecular complexity index is 374. The van der Waals surface area contributed by atoms with Crippen LogP contribution in [-0.4, -0.2) is 53.2 Å². The van der Waals surface area contributed by atoms with E-state index in [9.17, 15) is 5.11 Å². The number of rotatable bonds is 5. The number of aliphatic hydroxyl groups is 1. The van der Waals surface area contributed by atoms with Crippen LogP contribution in [0.1, 0.15) is 25.8 Å². The molecule has 1 aliphatic rings. The third-order valence-corrected chi connectivity index (χ3v) is 4.16. The Labute approximate surface area is 149 Å². The van der Waals surface area contributed by atoms with Gasteiger partial charge in [-0.1, -0.05) is 44.2 Å². The predicted octanol–water partition coefficient (Wildman–Crippen LogP) is 3.12. The van der Waals surface area contributed by atoms with E-state index in [1.54, 1.807) is 0 Å². The first kappa shape index (κ1) is 21.1. The van der Waals surface area contributed by atoms with Crippen LogP contribution >= 0.6 is 34.0 Å². The van der Waals surface area contributed by atoms with Gasteiger partial charge in [-0.25, -0.2) is 0 Å². The highest BCUT2D eigenvalue weighted by atomic mass is 79.9. The number of likely N-dealkylation sites (N-methyl/N-ethyl adjacent to an activating group) is 1. The summed E-state index contributed by atoms with van der Waals surface area (Å²) in [5.74, 6) is 0. The molecule has 21 heavy (non-hydrogen) atoms. The van der Waals surface area contributed by atoms with Gasteiger partial charge in [-0.05, 0) is 25.1 Å². The Hall–Kier alpha value is 0.0600. The summed E-state index contributed by atoms with van der Waals surface area (Å²) in [6.45, 7) is 9.21. The van der Waals surface area contributed by atoms with Crippen molar-refractivity contribution in [3.63, 3.8) is 0 Å². The van der Waals surface area contributed by atoms with Crippen LogP contribution in [0.2, 0.25) is 0 Å². The van der Waals surface area contributed by atoms with Gasteiger partial charge in [0.15, 0.2) is 0 Å². The van der Waals surface area contributed by atoms with Crippen molar-refractivity contribution in [2.45, 2.75) is 39.0 Å². The normalized spacial score (nSPS) is 22.5. The molecule has 2 rings (SSSR count). The average molecular weight is 424 g/mol. The number of hydrogen-bond donors (Lipinski definition) is 1. The zero-order valence-electron chi connectivity index (χ0n) is 12.9. The van der Waals surface area contributed by atoms with Crippen LogP contribution in [0.5, 0.6) is 0 Å². The zero-order valence-corrected chi connectivity index (χ0v) is 16.4. The van der Waals surface area contributed by atoms with Crippen LogP contribution in [0.25, 0.3) is 0 Å². The summed E-state index contributed by atoms with van der Waals surface area (Å²) in [7, 11) is 0. The number of nitrogens with zero attached hydrogens (tertiary/aromatic N) is 2. The van der Waals surface area contributed by atoms with E-state index in [1.807, 2.05) is 6.07 Å². The molecule has 0 radical (unpaired) electrons. The molecule has 0 saturated carbocycles. The second-order valence-electron chi connectivity index (χ2n) is 5.37. The minimum absolute atomic E-state index is 0. The molecule has 1 aromatic rings. The smallest absolute Gasteiger partial charge is 0.0822 e. The van der Waals surface area contributed by atoms with Gasteiger partial charge in [0.2, 0.25) is 0 Å². The van der Waals surface area contributed by atoms with Crippen LogP contribution in [0, 0.1) is 0 Å². The lowest BCUT2D eigenvalue weighted by Crippen LogP contribution is -2.53. The van der Waals surface area contributed by atoms with Crippen molar-refractivity contribution in [1.29, 1.82) is 0 Å². The maximum absolute atomic E-state index is 10.4. The van der Waals surface area contributed by atoms with E-state index >= 15 is 0 Å². The number of halogens is 2. The summed E-state index contributed by atoms with van der Waals surface area (Å²) in [6.07, 6.45) is 0.840. The molecule has 0 aromatic heterocycles. The lowest BCUT2D eigenvalue weighted by atomic mass is 9.99. The molecule has 0 aliphatic carbocycles. The Kier molecular flexibility index (Phi) is 10.8. The summed E-state index contributed by atoms with van der Waals surface area (Å²) in [6, 6.07) is 10.8. The van der Waals surface area contributed by atoms with Crippen molar-refractivity contribution in [3.05, 3.63) is 35.9 Å². The van der Waals surface area contributed by atoms with Gasteiger partial charge in [-0.3, -0.25) is 9.80 Å². The molecule has 5 heteroatoms. The van der Waals surface area contributed by atoms with Gasteiger partial charge in [0.25, 0.3) is 0 Å². The first-order chi connectivity index (χ1) is 9.24. The summed E-state index contributed by atoms with van der Waals surface area (Å²) < 4.78 is 0. The molecule has 0 spiro atoms. The molecule has 1 saturated heterocycles. The summed E-state index contributed by atoms with van der Waals surface area (Å²) in [5, 5.41) is 10.4. The summed E-state index contributed by atoms with van der Waals surface area (Å²) >= 11 is 0. The van der Waals surface area contributed by atoms with Crippen LogP contribution in [0.3, 0.4) is 0 Å². The average Bonchev–Trinajstić information content (AvgIpc) is 2.43. The number of benzene rings is 1. The van der Waals surface area contributed by atoms with Crippen molar-refractivity contribution in [2.75, 3.05) is 26.2 Å². The quantitative estimate of drug-likeness (QED) is 0.787. The molecular formula is C16H28Br2N2O. The van der Waals surface area contributed by atoms with E-state index in [2.05, 4.69) is 47.9 Å². The lowest BCUT2D eigenvalue weighted by Gasteiger charge is -2.41. The number of likely N-dealkylation sites (tertiary alicyclic amines) is 1. The highest BCUT2D eigenvalue weighted by molar-refractivity contribution is 8.93. The molecule has 2 atom stereocenters. The molecule has 1 heterocycles. The molecule has 1 aliphatic heterocycles. The number of β-amino-alcohol motifs (C(OH)–C–C–N with tert-alkyl or cyclic N) is 1. The molecule has 1 aromatic carbocycles. The van der Waals surface area contributed by atoms with Gasteiger partial charge in [-0.15, -0.1) is 34.0 Å². The molecule has 0 amide bonds. The topological polar surface area (TPSA) is 26.7 Å². The van der Waals surface area contributed by atoms with Crippen LogP contribution in [-0.2, 0) is 6.54 Å². The van der Waals surface area contributed by atoms with Gasteiger partial charge in [0.05, 0.1) is 6.10 Å². The molecule has 0 bridgehead atoms. The summed E-state index contributed by atoms with van der Waals surface area (Å²) in [4.78, 5) is 4.74. The first-order valence-corrected chi connectivity index (χ1v) is 7.43. The fraction of sp³-hybridized carbons (Fsp3) is 0.625. The van der Waals surface area contributed by atoms with Crippen molar-refractivity contribution < 1.29 is 5.11 Å². The predicted molar refractivity (Wildman–Crippen MR) is 99.7 cm³/mol. The molecular weight excluding hydrogens is 396 g/mol. The van der Waals surface area contributed by atoms with Crippen molar-refractivity contribution >= 4 is 34.0 Å². The Morgan fingerprint density at radius 2 is 1.76 bits per heavy atom. The van der Waals surface area contributed by atoms with Gasteiger partial charge >= 0.3 is 0 Å². The molecule has 1 N–H and O–H groups in total. The highest BCUT2D eigenvalue weighted by Crippen LogP contribution is 2.18. The van der Waals surface area contributed by atoms with Crippen molar-refractivity contribution in [2.24, 2.45) is 0 Å².